The van der Waals surface area contributed by atoms with E-state index in [2.05, 4.69) is 4.98 Å². The van der Waals surface area contributed by atoms with Gasteiger partial charge in [0.25, 0.3) is 0 Å². The van der Waals surface area contributed by atoms with Gasteiger partial charge < -0.3 is 15.2 Å². The molecule has 19 heavy (non-hydrogen) atoms. The molecule has 0 aliphatic carbocycles. The number of aryl methyl sites for hydroxylation is 2. The van der Waals surface area contributed by atoms with E-state index < -0.39 is 24.1 Å². The van der Waals surface area contributed by atoms with Crippen LogP contribution in [-0.4, -0.2) is 29.1 Å². The summed E-state index contributed by atoms with van der Waals surface area (Å²) in [5.74, 6) is -1.00. The standard InChI is InChI=1S/C12H16N2O4S/c1-6-8(14-7(2)19-6)5-17-12(16)10-4-3-9(18-10)11(13)15/h9-10H,3-5H2,1-2H3,(H2,13,15)/t9-,10-/m0/s1. The molecule has 2 rings (SSSR count). The fourth-order valence-electron chi connectivity index (χ4n) is 1.96. The third-order valence-electron chi connectivity index (χ3n) is 2.95. The van der Waals surface area contributed by atoms with Gasteiger partial charge in [0.1, 0.15) is 12.7 Å². The minimum Gasteiger partial charge on any atom is -0.457 e. The van der Waals surface area contributed by atoms with Crippen LogP contribution in [-0.2, 0) is 25.7 Å². The molecule has 1 aromatic rings. The van der Waals surface area contributed by atoms with Gasteiger partial charge in [0.15, 0.2) is 6.10 Å². The predicted octanol–water partition coefficient (Wildman–Crippen LogP) is 0.836. The highest BCUT2D eigenvalue weighted by atomic mass is 32.1. The molecule has 0 saturated carbocycles. The van der Waals surface area contributed by atoms with E-state index in [1.807, 2.05) is 13.8 Å². The van der Waals surface area contributed by atoms with Crippen molar-refractivity contribution in [1.29, 1.82) is 0 Å². The number of thiazole rings is 1. The fourth-order valence-corrected chi connectivity index (χ4v) is 2.78. The molecule has 104 valence electrons. The third-order valence-corrected chi connectivity index (χ3v) is 3.88. The molecule has 2 N–H and O–H groups in total. The number of carbonyl (C=O) groups is 2. The molecule has 0 aromatic carbocycles. The zero-order chi connectivity index (χ0) is 14.0. The maximum absolute atomic E-state index is 11.8. The number of ether oxygens (including phenoxy) is 2. The molecule has 1 amide bonds. The highest BCUT2D eigenvalue weighted by Gasteiger charge is 2.34. The summed E-state index contributed by atoms with van der Waals surface area (Å²) in [5, 5.41) is 0.939. The number of nitrogens with zero attached hydrogens (tertiary/aromatic N) is 1. The molecule has 0 bridgehead atoms. The van der Waals surface area contributed by atoms with Gasteiger partial charge in [-0.1, -0.05) is 0 Å². The van der Waals surface area contributed by atoms with E-state index in [0.29, 0.717) is 12.8 Å². The Kier molecular flexibility index (Phi) is 4.16. The summed E-state index contributed by atoms with van der Waals surface area (Å²) in [7, 11) is 0. The minimum atomic E-state index is -0.697. The molecular weight excluding hydrogens is 268 g/mol. The van der Waals surface area contributed by atoms with Crippen molar-refractivity contribution in [2.75, 3.05) is 0 Å². The van der Waals surface area contributed by atoms with Crippen molar-refractivity contribution in [3.63, 3.8) is 0 Å². The van der Waals surface area contributed by atoms with Gasteiger partial charge in [-0.3, -0.25) is 4.79 Å². The first-order chi connectivity index (χ1) is 8.97. The van der Waals surface area contributed by atoms with Crippen molar-refractivity contribution in [1.82, 2.24) is 4.98 Å². The number of aromatic nitrogens is 1. The van der Waals surface area contributed by atoms with Crippen molar-refractivity contribution in [3.05, 3.63) is 15.6 Å². The average molecular weight is 284 g/mol. The van der Waals surface area contributed by atoms with Crippen LogP contribution in [0.2, 0.25) is 0 Å². The van der Waals surface area contributed by atoms with Gasteiger partial charge in [0, 0.05) is 4.88 Å². The quantitative estimate of drug-likeness (QED) is 0.827. The highest BCUT2D eigenvalue weighted by molar-refractivity contribution is 7.11. The zero-order valence-corrected chi connectivity index (χ0v) is 11.7. The molecule has 6 nitrogen and oxygen atoms in total. The van der Waals surface area contributed by atoms with Crippen LogP contribution < -0.4 is 5.73 Å². The Morgan fingerprint density at radius 3 is 2.63 bits per heavy atom. The van der Waals surface area contributed by atoms with Crippen LogP contribution >= 0.6 is 11.3 Å². The van der Waals surface area contributed by atoms with Crippen molar-refractivity contribution >= 4 is 23.2 Å². The third kappa shape index (κ3) is 3.30. The van der Waals surface area contributed by atoms with E-state index in [4.69, 9.17) is 15.2 Å². The van der Waals surface area contributed by atoms with Gasteiger partial charge in [0.05, 0.1) is 10.7 Å². The van der Waals surface area contributed by atoms with Gasteiger partial charge in [-0.2, -0.15) is 0 Å². The first kappa shape index (κ1) is 14.0. The summed E-state index contributed by atoms with van der Waals surface area (Å²) < 4.78 is 10.4. The lowest BCUT2D eigenvalue weighted by atomic mass is 10.2. The molecular formula is C12H16N2O4S. The highest BCUT2D eigenvalue weighted by Crippen LogP contribution is 2.22. The summed E-state index contributed by atoms with van der Waals surface area (Å²) >= 11 is 1.56. The lowest BCUT2D eigenvalue weighted by Gasteiger charge is -2.10. The molecule has 0 radical (unpaired) electrons. The topological polar surface area (TPSA) is 91.5 Å². The van der Waals surface area contributed by atoms with Crippen molar-refractivity contribution in [3.8, 4) is 0 Å². The van der Waals surface area contributed by atoms with Crippen LogP contribution in [0.1, 0.15) is 28.4 Å². The predicted molar refractivity (Wildman–Crippen MR) is 68.5 cm³/mol. The molecule has 0 spiro atoms. The molecule has 2 heterocycles. The molecule has 0 unspecified atom stereocenters. The smallest absolute Gasteiger partial charge is 0.335 e. The van der Waals surface area contributed by atoms with E-state index >= 15 is 0 Å². The lowest BCUT2D eigenvalue weighted by molar-refractivity contribution is -0.158. The van der Waals surface area contributed by atoms with Crippen molar-refractivity contribution in [2.45, 2.75) is 45.5 Å². The van der Waals surface area contributed by atoms with E-state index in [1.165, 1.54) is 0 Å². The van der Waals surface area contributed by atoms with Crippen LogP contribution in [0, 0.1) is 13.8 Å². The van der Waals surface area contributed by atoms with Gasteiger partial charge in [-0.05, 0) is 26.7 Å². The Balaban J connectivity index is 1.85. The Morgan fingerprint density at radius 2 is 2.11 bits per heavy atom. The largest absolute Gasteiger partial charge is 0.457 e. The van der Waals surface area contributed by atoms with Crippen molar-refractivity contribution < 1.29 is 19.1 Å². The van der Waals surface area contributed by atoms with Crippen LogP contribution in [0.15, 0.2) is 0 Å². The second-order valence-electron chi connectivity index (χ2n) is 4.44. The molecule has 1 aliphatic rings. The molecule has 1 aliphatic heterocycles. The minimum absolute atomic E-state index is 0.135. The number of hydrogen-bond acceptors (Lipinski definition) is 6. The molecule has 1 aromatic heterocycles. The van der Waals surface area contributed by atoms with E-state index in [-0.39, 0.29) is 6.61 Å². The second kappa shape index (κ2) is 5.66. The zero-order valence-electron chi connectivity index (χ0n) is 10.8. The number of carbonyl (C=O) groups excluding carboxylic acids is 2. The molecule has 1 saturated heterocycles. The fraction of sp³-hybridized carbons (Fsp3) is 0.583. The van der Waals surface area contributed by atoms with Crippen LogP contribution in [0.3, 0.4) is 0 Å². The van der Waals surface area contributed by atoms with Gasteiger partial charge in [0.2, 0.25) is 5.91 Å². The van der Waals surface area contributed by atoms with Crippen molar-refractivity contribution in [2.24, 2.45) is 5.73 Å². The van der Waals surface area contributed by atoms with Gasteiger partial charge in [-0.15, -0.1) is 11.3 Å². The van der Waals surface area contributed by atoms with E-state index in [0.717, 1.165) is 15.6 Å². The Labute approximate surface area is 114 Å². The maximum atomic E-state index is 11.8. The SMILES string of the molecule is Cc1nc(COC(=O)[C@@H]2CC[C@@H](C(N)=O)O2)c(C)s1. The van der Waals surface area contributed by atoms with Gasteiger partial charge in [-0.25, -0.2) is 9.78 Å². The van der Waals surface area contributed by atoms with Crippen LogP contribution in [0.4, 0.5) is 0 Å². The summed E-state index contributed by atoms with van der Waals surface area (Å²) in [6, 6.07) is 0. The monoisotopic (exact) mass is 284 g/mol. The first-order valence-corrected chi connectivity index (χ1v) is 6.83. The molecule has 1 fully saturated rings. The van der Waals surface area contributed by atoms with E-state index in [9.17, 15) is 9.59 Å². The Bertz CT molecular complexity index is 500. The number of amides is 1. The van der Waals surface area contributed by atoms with Crippen LogP contribution in [0.5, 0.6) is 0 Å². The number of hydrogen-bond donors (Lipinski definition) is 1. The second-order valence-corrected chi connectivity index (χ2v) is 5.84. The number of rotatable bonds is 4. The first-order valence-electron chi connectivity index (χ1n) is 6.01. The molecule has 7 heteroatoms. The number of nitrogens with two attached hydrogens (primary N) is 1. The Hall–Kier alpha value is -1.47. The Morgan fingerprint density at radius 1 is 1.42 bits per heavy atom. The van der Waals surface area contributed by atoms with Crippen LogP contribution in [0.25, 0.3) is 0 Å². The number of esters is 1. The van der Waals surface area contributed by atoms with E-state index in [1.54, 1.807) is 11.3 Å². The normalized spacial score (nSPS) is 22.4. The summed E-state index contributed by atoms with van der Waals surface area (Å²) in [6.07, 6.45) is -0.454. The average Bonchev–Trinajstić information content (AvgIpc) is 2.93. The maximum Gasteiger partial charge on any atom is 0.335 e. The van der Waals surface area contributed by atoms with Gasteiger partial charge >= 0.3 is 5.97 Å². The number of primary amides is 1. The lowest BCUT2D eigenvalue weighted by Crippen LogP contribution is -2.31. The summed E-state index contributed by atoms with van der Waals surface area (Å²) in [6.45, 7) is 3.97. The molecule has 2 atom stereocenters. The summed E-state index contributed by atoms with van der Waals surface area (Å²) in [4.78, 5) is 28.0. The summed E-state index contributed by atoms with van der Waals surface area (Å²) in [5.41, 5.74) is 5.89.